The molecule has 2 N–H and O–H groups in total. The first-order chi connectivity index (χ1) is 15.1. The van der Waals surface area contributed by atoms with E-state index >= 15 is 0 Å². The standard InChI is InChI=1S/C29H46O4/c1-18(30)9-8-14-29(7,33)20-12-16-27(5)19(20)10-11-22-26(4)15-13-23(32)25(2,3)24(26)21(31)17-28(22,27)6/h8-9,19-22,24,31,33H,10-17H2,1-7H3/b9-8+/t19?,20-,21-,22?,24-,26+,27+,28+,29-/m0/s1. The molecule has 186 valence electrons. The molecule has 2 unspecified atom stereocenters. The van der Waals surface area contributed by atoms with Gasteiger partial charge in [-0.2, -0.15) is 0 Å². The lowest BCUT2D eigenvalue weighted by Crippen LogP contribution is -2.67. The summed E-state index contributed by atoms with van der Waals surface area (Å²) in [5.41, 5.74) is -1.32. The minimum absolute atomic E-state index is 0.0153. The highest BCUT2D eigenvalue weighted by Crippen LogP contribution is 2.75. The Hall–Kier alpha value is -1.00. The maximum atomic E-state index is 12.9. The first-order valence-corrected chi connectivity index (χ1v) is 13.2. The van der Waals surface area contributed by atoms with Crippen LogP contribution in [0.3, 0.4) is 0 Å². The van der Waals surface area contributed by atoms with Crippen LogP contribution in [0.5, 0.6) is 0 Å². The number of aliphatic hydroxyl groups excluding tert-OH is 1. The van der Waals surface area contributed by atoms with E-state index in [0.717, 1.165) is 38.5 Å². The molecule has 0 heterocycles. The lowest BCUT2D eigenvalue weighted by molar-refractivity contribution is -0.238. The molecular weight excluding hydrogens is 412 g/mol. The molecular formula is C29H46O4. The molecule has 0 aliphatic heterocycles. The molecule has 0 aromatic rings. The van der Waals surface area contributed by atoms with Gasteiger partial charge in [0.05, 0.1) is 11.7 Å². The highest BCUT2D eigenvalue weighted by molar-refractivity contribution is 5.87. The van der Waals surface area contributed by atoms with Crippen molar-refractivity contribution in [3.63, 3.8) is 0 Å². The Kier molecular flexibility index (Phi) is 5.90. The number of allylic oxidation sites excluding steroid dienone is 1. The van der Waals surface area contributed by atoms with Crippen molar-refractivity contribution < 1.29 is 19.8 Å². The van der Waals surface area contributed by atoms with Gasteiger partial charge in [0.25, 0.3) is 0 Å². The molecule has 4 heteroatoms. The molecule has 4 nitrogen and oxygen atoms in total. The molecule has 0 spiro atoms. The van der Waals surface area contributed by atoms with Crippen LogP contribution in [-0.2, 0) is 9.59 Å². The third-order valence-electron chi connectivity index (χ3n) is 11.7. The lowest BCUT2D eigenvalue weighted by Gasteiger charge is -2.70. The molecule has 0 aromatic carbocycles. The van der Waals surface area contributed by atoms with E-state index in [0.29, 0.717) is 30.5 Å². The van der Waals surface area contributed by atoms with Gasteiger partial charge < -0.3 is 10.2 Å². The van der Waals surface area contributed by atoms with Crippen molar-refractivity contribution in [3.8, 4) is 0 Å². The second kappa shape index (κ2) is 7.75. The van der Waals surface area contributed by atoms with Crippen LogP contribution in [-0.4, -0.2) is 33.5 Å². The minimum Gasteiger partial charge on any atom is -0.393 e. The van der Waals surface area contributed by atoms with Crippen LogP contribution >= 0.6 is 0 Å². The Balaban J connectivity index is 1.67. The molecule has 0 bridgehead atoms. The predicted molar refractivity (Wildman–Crippen MR) is 130 cm³/mol. The predicted octanol–water partition coefficient (Wildman–Crippen LogP) is 5.50. The highest BCUT2D eigenvalue weighted by Gasteiger charge is 2.71. The smallest absolute Gasteiger partial charge is 0.152 e. The number of carbonyl (C=O) groups excluding carboxylic acids is 2. The molecule has 33 heavy (non-hydrogen) atoms. The van der Waals surface area contributed by atoms with Gasteiger partial charge >= 0.3 is 0 Å². The summed E-state index contributed by atoms with van der Waals surface area (Å²) in [7, 11) is 0. The Labute approximate surface area is 200 Å². The number of hydrogen-bond donors (Lipinski definition) is 2. The molecule has 4 aliphatic carbocycles. The van der Waals surface area contributed by atoms with E-state index in [9.17, 15) is 19.8 Å². The molecule has 0 aromatic heterocycles. The Bertz CT molecular complexity index is 856. The summed E-state index contributed by atoms with van der Waals surface area (Å²) in [5.74, 6) is 1.43. The molecule has 4 saturated carbocycles. The fourth-order valence-corrected chi connectivity index (χ4v) is 10.1. The van der Waals surface area contributed by atoms with Gasteiger partial charge in [-0.05, 0) is 98.9 Å². The van der Waals surface area contributed by atoms with Crippen LogP contribution in [0.1, 0.15) is 99.8 Å². The fraction of sp³-hybridized carbons (Fsp3) is 0.862. The van der Waals surface area contributed by atoms with Crippen molar-refractivity contribution in [2.24, 2.45) is 45.3 Å². The van der Waals surface area contributed by atoms with Gasteiger partial charge in [-0.1, -0.05) is 40.7 Å². The second-order valence-electron chi connectivity index (χ2n) is 13.7. The summed E-state index contributed by atoms with van der Waals surface area (Å²) in [6.07, 6.45) is 9.97. The van der Waals surface area contributed by atoms with Crippen molar-refractivity contribution >= 4 is 11.6 Å². The highest BCUT2D eigenvalue weighted by atomic mass is 16.3. The molecule has 4 fully saturated rings. The average Bonchev–Trinajstić information content (AvgIpc) is 3.03. The number of fused-ring (bicyclic) bond motifs is 5. The van der Waals surface area contributed by atoms with E-state index in [-0.39, 0.29) is 33.9 Å². The van der Waals surface area contributed by atoms with E-state index in [1.165, 1.54) is 0 Å². The van der Waals surface area contributed by atoms with Crippen molar-refractivity contribution in [1.29, 1.82) is 0 Å². The monoisotopic (exact) mass is 458 g/mol. The van der Waals surface area contributed by atoms with Crippen LogP contribution in [0.15, 0.2) is 12.2 Å². The van der Waals surface area contributed by atoms with Gasteiger partial charge in [-0.15, -0.1) is 0 Å². The van der Waals surface area contributed by atoms with Crippen LogP contribution < -0.4 is 0 Å². The van der Waals surface area contributed by atoms with Crippen molar-refractivity contribution in [2.45, 2.75) is 112 Å². The van der Waals surface area contributed by atoms with Crippen molar-refractivity contribution in [2.75, 3.05) is 0 Å². The number of aliphatic hydroxyl groups is 2. The number of rotatable bonds is 4. The molecule has 9 atom stereocenters. The quantitative estimate of drug-likeness (QED) is 0.546. The Morgan fingerprint density at radius 2 is 1.76 bits per heavy atom. The van der Waals surface area contributed by atoms with Gasteiger partial charge in [0.1, 0.15) is 5.78 Å². The zero-order valence-corrected chi connectivity index (χ0v) is 21.9. The van der Waals surface area contributed by atoms with Crippen LogP contribution in [0, 0.1) is 45.3 Å². The molecule has 4 aliphatic rings. The molecule has 4 rings (SSSR count). The second-order valence-corrected chi connectivity index (χ2v) is 13.7. The average molecular weight is 459 g/mol. The van der Waals surface area contributed by atoms with E-state index in [2.05, 4.69) is 34.6 Å². The maximum Gasteiger partial charge on any atom is 0.152 e. The largest absolute Gasteiger partial charge is 0.393 e. The summed E-state index contributed by atoms with van der Waals surface area (Å²) in [4.78, 5) is 24.2. The topological polar surface area (TPSA) is 74.6 Å². The molecule has 0 saturated heterocycles. The molecule has 0 amide bonds. The lowest BCUT2D eigenvalue weighted by atomic mass is 9.35. The SMILES string of the molecule is CC(=O)/C=C/C[C@](C)(O)[C@H]1CC[C@]2(C)C1CCC1[C@@]3(C)CCC(=O)C(C)(C)[C@@H]3[C@@H](O)C[C@]12C. The third kappa shape index (κ3) is 3.44. The maximum absolute atomic E-state index is 12.9. The van der Waals surface area contributed by atoms with Crippen molar-refractivity contribution in [1.82, 2.24) is 0 Å². The van der Waals surface area contributed by atoms with Crippen molar-refractivity contribution in [3.05, 3.63) is 12.2 Å². The van der Waals surface area contributed by atoms with Crippen LogP contribution in [0.4, 0.5) is 0 Å². The van der Waals surface area contributed by atoms with Gasteiger partial charge in [0.2, 0.25) is 0 Å². The molecule has 0 radical (unpaired) electrons. The summed E-state index contributed by atoms with van der Waals surface area (Å²) < 4.78 is 0. The van der Waals surface area contributed by atoms with E-state index in [1.54, 1.807) is 13.0 Å². The fourth-order valence-electron chi connectivity index (χ4n) is 10.1. The summed E-state index contributed by atoms with van der Waals surface area (Å²) >= 11 is 0. The zero-order chi connectivity index (χ0) is 24.6. The zero-order valence-electron chi connectivity index (χ0n) is 21.9. The number of Topliss-reactive ketones (excluding diaryl/α,β-unsaturated/α-hetero) is 1. The van der Waals surface area contributed by atoms with E-state index < -0.39 is 17.1 Å². The Morgan fingerprint density at radius 3 is 2.39 bits per heavy atom. The normalized spacial score (nSPS) is 48.6. The van der Waals surface area contributed by atoms with Gasteiger partial charge in [0.15, 0.2) is 5.78 Å². The summed E-state index contributed by atoms with van der Waals surface area (Å²) in [6, 6.07) is 0. The van der Waals surface area contributed by atoms with Crippen LogP contribution in [0.2, 0.25) is 0 Å². The summed E-state index contributed by atoms with van der Waals surface area (Å²) in [6.45, 7) is 14.8. The Morgan fingerprint density at radius 1 is 1.09 bits per heavy atom. The first kappa shape index (κ1) is 25.1. The minimum atomic E-state index is -0.837. The van der Waals surface area contributed by atoms with Crippen LogP contribution in [0.25, 0.3) is 0 Å². The third-order valence-corrected chi connectivity index (χ3v) is 11.7. The first-order valence-electron chi connectivity index (χ1n) is 13.2. The van der Waals surface area contributed by atoms with E-state index in [4.69, 9.17) is 0 Å². The van der Waals surface area contributed by atoms with E-state index in [1.807, 2.05) is 13.0 Å². The number of ketones is 2. The van der Waals surface area contributed by atoms with Gasteiger partial charge in [-0.25, -0.2) is 0 Å². The number of hydrogen-bond acceptors (Lipinski definition) is 4. The van der Waals surface area contributed by atoms with Gasteiger partial charge in [0, 0.05) is 17.8 Å². The van der Waals surface area contributed by atoms with Gasteiger partial charge in [-0.3, -0.25) is 9.59 Å². The number of carbonyl (C=O) groups is 2. The summed E-state index contributed by atoms with van der Waals surface area (Å²) in [5, 5.41) is 23.1.